The Morgan fingerprint density at radius 2 is 1.38 bits per heavy atom. The molecule has 5 rings (SSSR count). The third-order valence-corrected chi connectivity index (χ3v) is 7.60. The number of aliphatic hydroxyl groups excluding tert-OH is 1. The fourth-order valence-corrected chi connectivity index (χ4v) is 5.72. The number of rotatable bonds is 10. The number of ether oxygens (including phenoxy) is 2. The van der Waals surface area contributed by atoms with Crippen LogP contribution >= 0.6 is 12.4 Å². The molecule has 5 nitrogen and oxygen atoms in total. The Balaban J connectivity index is 0.00000353. The highest BCUT2D eigenvalue weighted by Crippen LogP contribution is 2.39. The summed E-state index contributed by atoms with van der Waals surface area (Å²) in [5.74, 6) is 1.67. The van der Waals surface area contributed by atoms with Gasteiger partial charge in [0.2, 0.25) is 0 Å². The van der Waals surface area contributed by atoms with E-state index < -0.39 is 6.10 Å². The monoisotopic (exact) mass is 546 g/mol. The summed E-state index contributed by atoms with van der Waals surface area (Å²) < 4.78 is 13.1. The third-order valence-electron chi connectivity index (χ3n) is 7.60. The van der Waals surface area contributed by atoms with Crippen LogP contribution in [-0.4, -0.2) is 54.5 Å². The van der Waals surface area contributed by atoms with E-state index in [2.05, 4.69) is 71.1 Å². The fraction of sp³-hybridized carbons (Fsp3) is 0.333. The van der Waals surface area contributed by atoms with E-state index in [1.165, 1.54) is 34.9 Å². The molecular weight excluding hydrogens is 508 g/mol. The lowest BCUT2D eigenvalue weighted by molar-refractivity contribution is 0.110. The number of methoxy groups -OCH3 is 2. The fourth-order valence-electron chi connectivity index (χ4n) is 5.72. The Morgan fingerprint density at radius 1 is 0.821 bits per heavy atom. The van der Waals surface area contributed by atoms with Gasteiger partial charge in [-0.2, -0.15) is 0 Å². The lowest BCUT2D eigenvalue weighted by atomic mass is 9.88. The summed E-state index contributed by atoms with van der Waals surface area (Å²) in [5, 5.41) is 12.2. The van der Waals surface area contributed by atoms with Gasteiger partial charge in [0.25, 0.3) is 0 Å². The number of hydrogen-bond acceptors (Lipinski definition) is 4. The van der Waals surface area contributed by atoms with Crippen molar-refractivity contribution < 1.29 is 14.6 Å². The summed E-state index contributed by atoms with van der Waals surface area (Å²) in [4.78, 5) is 2.38. The lowest BCUT2D eigenvalue weighted by Crippen LogP contribution is -2.32. The van der Waals surface area contributed by atoms with Crippen LogP contribution in [0.1, 0.15) is 42.9 Å². The summed E-state index contributed by atoms with van der Waals surface area (Å²) in [5.41, 5.74) is 7.09. The van der Waals surface area contributed by atoms with E-state index in [0.29, 0.717) is 6.54 Å². The Kier molecular flexibility index (Phi) is 9.73. The number of allylic oxidation sites excluding steroid dienone is 1. The normalized spacial score (nSPS) is 14.2. The SMILES string of the molecule is CCC(=C(c1ccc(OC)cc1)c1ccc(OC)cc1)c1cn(CC(O)CN2CCCC2)c2ccccc12.Cl. The van der Waals surface area contributed by atoms with Crippen LogP contribution in [0.3, 0.4) is 0 Å². The average Bonchev–Trinajstić information content (AvgIpc) is 3.60. The predicted octanol–water partition coefficient (Wildman–Crippen LogP) is 6.91. The standard InChI is InChI=1S/C33H38N2O3.ClH/c1-4-29(33(24-11-15-27(37-2)16-12-24)25-13-17-28(38-3)18-14-25)31-23-35(32-10-6-5-9-30(31)32)22-26(36)21-34-19-7-8-20-34;/h5-6,9-18,23,26,36H,4,7-8,19-22H2,1-3H3;1H. The van der Waals surface area contributed by atoms with Crippen molar-refractivity contribution in [2.24, 2.45) is 0 Å². The van der Waals surface area contributed by atoms with Crippen LogP contribution in [0, 0.1) is 0 Å². The highest BCUT2D eigenvalue weighted by Gasteiger charge is 2.20. The molecule has 0 spiro atoms. The van der Waals surface area contributed by atoms with E-state index in [4.69, 9.17) is 9.47 Å². The molecule has 1 aliphatic rings. The van der Waals surface area contributed by atoms with Gasteiger partial charge >= 0.3 is 0 Å². The largest absolute Gasteiger partial charge is 0.497 e. The maximum absolute atomic E-state index is 11.0. The van der Waals surface area contributed by atoms with E-state index in [0.717, 1.165) is 54.2 Å². The maximum atomic E-state index is 11.0. The van der Waals surface area contributed by atoms with Crippen molar-refractivity contribution >= 4 is 34.5 Å². The van der Waals surface area contributed by atoms with Crippen LogP contribution < -0.4 is 9.47 Å². The highest BCUT2D eigenvalue weighted by atomic mass is 35.5. The third kappa shape index (κ3) is 6.33. The first-order valence-electron chi connectivity index (χ1n) is 13.6. The van der Waals surface area contributed by atoms with Gasteiger partial charge in [0, 0.05) is 35.8 Å². The molecule has 0 radical (unpaired) electrons. The van der Waals surface area contributed by atoms with Crippen LogP contribution in [0.4, 0.5) is 0 Å². The van der Waals surface area contributed by atoms with Gasteiger partial charge in [-0.05, 0) is 85.0 Å². The average molecular weight is 547 g/mol. The van der Waals surface area contributed by atoms with Crippen molar-refractivity contribution in [2.45, 2.75) is 38.8 Å². The zero-order valence-corrected chi connectivity index (χ0v) is 23.9. The van der Waals surface area contributed by atoms with Gasteiger partial charge in [-0.3, -0.25) is 0 Å². The maximum Gasteiger partial charge on any atom is 0.118 e. The number of benzene rings is 3. The van der Waals surface area contributed by atoms with Crippen molar-refractivity contribution in [1.82, 2.24) is 9.47 Å². The molecule has 1 saturated heterocycles. The van der Waals surface area contributed by atoms with Crippen molar-refractivity contribution in [1.29, 1.82) is 0 Å². The van der Waals surface area contributed by atoms with Crippen LogP contribution in [0.2, 0.25) is 0 Å². The van der Waals surface area contributed by atoms with Gasteiger partial charge in [0.1, 0.15) is 11.5 Å². The summed E-state index contributed by atoms with van der Waals surface area (Å²) in [6.45, 7) is 5.70. The number of fused-ring (bicyclic) bond motifs is 1. The summed E-state index contributed by atoms with van der Waals surface area (Å²) in [6.07, 6.45) is 5.15. The molecule has 0 amide bonds. The van der Waals surface area contributed by atoms with E-state index in [1.54, 1.807) is 14.2 Å². The quantitative estimate of drug-likeness (QED) is 0.235. The molecule has 206 valence electrons. The molecule has 0 saturated carbocycles. The molecule has 6 heteroatoms. The number of likely N-dealkylation sites (tertiary alicyclic amines) is 1. The number of aliphatic hydroxyl groups is 1. The van der Waals surface area contributed by atoms with Gasteiger partial charge in [0.15, 0.2) is 0 Å². The molecular formula is C33H39ClN2O3. The van der Waals surface area contributed by atoms with E-state index in [9.17, 15) is 5.11 Å². The number of β-amino-alcohol motifs (C(OH)–C–C–N with tert-alkyl or cyclic N) is 1. The van der Waals surface area contributed by atoms with Crippen molar-refractivity contribution in [2.75, 3.05) is 33.9 Å². The molecule has 1 aromatic heterocycles. The molecule has 1 fully saturated rings. The first-order valence-corrected chi connectivity index (χ1v) is 13.6. The summed E-state index contributed by atoms with van der Waals surface area (Å²) in [7, 11) is 3.39. The van der Waals surface area contributed by atoms with Crippen molar-refractivity contribution in [3.8, 4) is 11.5 Å². The molecule has 0 aliphatic carbocycles. The number of hydrogen-bond donors (Lipinski definition) is 1. The lowest BCUT2D eigenvalue weighted by Gasteiger charge is -2.20. The van der Waals surface area contributed by atoms with Gasteiger partial charge in [-0.15, -0.1) is 12.4 Å². The highest BCUT2D eigenvalue weighted by molar-refractivity contribution is 6.05. The molecule has 1 atom stereocenters. The van der Waals surface area contributed by atoms with Crippen LogP contribution in [0.5, 0.6) is 11.5 Å². The number of aromatic nitrogens is 1. The number of halogens is 1. The molecule has 4 aromatic rings. The summed E-state index contributed by atoms with van der Waals surface area (Å²) >= 11 is 0. The second-order valence-corrected chi connectivity index (χ2v) is 10.0. The van der Waals surface area contributed by atoms with Crippen molar-refractivity contribution in [3.63, 3.8) is 0 Å². The Bertz CT molecular complexity index is 1340. The van der Waals surface area contributed by atoms with Crippen molar-refractivity contribution in [3.05, 3.63) is 95.7 Å². The zero-order chi connectivity index (χ0) is 26.5. The first kappa shape index (κ1) is 28.8. The van der Waals surface area contributed by atoms with Crippen LogP contribution in [0.25, 0.3) is 22.0 Å². The number of nitrogens with zero attached hydrogens (tertiary/aromatic N) is 2. The van der Waals surface area contributed by atoms with Crippen LogP contribution in [-0.2, 0) is 6.54 Å². The van der Waals surface area contributed by atoms with Gasteiger partial charge in [-0.25, -0.2) is 0 Å². The smallest absolute Gasteiger partial charge is 0.118 e. The molecule has 1 aliphatic heterocycles. The molecule has 1 unspecified atom stereocenters. The minimum Gasteiger partial charge on any atom is -0.497 e. The van der Waals surface area contributed by atoms with Gasteiger partial charge in [0.05, 0.1) is 20.3 Å². The Labute approximate surface area is 238 Å². The second kappa shape index (κ2) is 13.2. The molecule has 1 N–H and O–H groups in total. The van der Waals surface area contributed by atoms with E-state index in [1.807, 2.05) is 24.3 Å². The minimum absolute atomic E-state index is 0. The van der Waals surface area contributed by atoms with E-state index >= 15 is 0 Å². The Morgan fingerprint density at radius 3 is 1.92 bits per heavy atom. The molecule has 3 aromatic carbocycles. The topological polar surface area (TPSA) is 46.9 Å². The van der Waals surface area contributed by atoms with Gasteiger partial charge in [-0.1, -0.05) is 49.4 Å². The van der Waals surface area contributed by atoms with Crippen LogP contribution in [0.15, 0.2) is 79.0 Å². The van der Waals surface area contributed by atoms with Gasteiger partial charge < -0.3 is 24.0 Å². The summed E-state index contributed by atoms with van der Waals surface area (Å²) in [6, 6.07) is 25.1. The van der Waals surface area contributed by atoms with E-state index in [-0.39, 0.29) is 12.4 Å². The predicted molar refractivity (Wildman–Crippen MR) is 163 cm³/mol. The molecule has 39 heavy (non-hydrogen) atoms. The Hall–Kier alpha value is -3.25. The zero-order valence-electron chi connectivity index (χ0n) is 23.1. The first-order chi connectivity index (χ1) is 18.6. The number of para-hydroxylation sites is 1. The molecule has 2 heterocycles. The minimum atomic E-state index is -0.409. The second-order valence-electron chi connectivity index (χ2n) is 10.0. The molecule has 0 bridgehead atoms.